The number of halogens is 2. The summed E-state index contributed by atoms with van der Waals surface area (Å²) in [6.07, 6.45) is 0. The van der Waals surface area contributed by atoms with Crippen LogP contribution in [0.25, 0.3) is 0 Å². The molecule has 106 valence electrons. The average molecular weight is 331 g/mol. The molecular weight excluding hydrogens is 319 g/mol. The van der Waals surface area contributed by atoms with Crippen LogP contribution in [-0.4, -0.2) is 17.5 Å². The Kier molecular flexibility index (Phi) is 5.23. The van der Waals surface area contributed by atoms with Gasteiger partial charge in [-0.3, -0.25) is 4.79 Å². The molecule has 1 N–H and O–H groups in total. The third-order valence-electron chi connectivity index (χ3n) is 2.36. The van der Waals surface area contributed by atoms with Crippen molar-refractivity contribution in [3.63, 3.8) is 0 Å². The van der Waals surface area contributed by atoms with Gasteiger partial charge in [-0.05, 0) is 25.1 Å². The minimum atomic E-state index is -0.233. The number of benzene rings is 1. The molecule has 0 fully saturated rings. The zero-order chi connectivity index (χ0) is 14.5. The van der Waals surface area contributed by atoms with Gasteiger partial charge < -0.3 is 10.1 Å². The van der Waals surface area contributed by atoms with E-state index in [1.807, 2.05) is 12.3 Å². The normalized spacial score (nSPS) is 10.3. The Labute approximate surface area is 130 Å². The number of carbonyl (C=O) groups is 1. The smallest absolute Gasteiger partial charge is 0.258 e. The number of amides is 1. The Balaban J connectivity index is 1.80. The number of hydrogen-bond donors (Lipinski definition) is 1. The van der Waals surface area contributed by atoms with Gasteiger partial charge in [0.2, 0.25) is 0 Å². The second-order valence-corrected chi connectivity index (χ2v) is 5.81. The van der Waals surface area contributed by atoms with Crippen molar-refractivity contribution in [3.05, 3.63) is 44.3 Å². The molecule has 1 aromatic carbocycles. The molecule has 0 aliphatic heterocycles. The lowest BCUT2D eigenvalue weighted by molar-refractivity contribution is -0.123. The van der Waals surface area contributed by atoms with Crippen LogP contribution in [0.4, 0.5) is 0 Å². The topological polar surface area (TPSA) is 51.2 Å². The highest BCUT2D eigenvalue weighted by Crippen LogP contribution is 2.27. The lowest BCUT2D eigenvalue weighted by Gasteiger charge is -2.08. The van der Waals surface area contributed by atoms with Crippen molar-refractivity contribution in [2.24, 2.45) is 0 Å². The third-order valence-corrected chi connectivity index (χ3v) is 3.85. The molecule has 1 heterocycles. The first-order chi connectivity index (χ1) is 9.54. The molecular formula is C13H12Cl2N2O2S. The highest BCUT2D eigenvalue weighted by molar-refractivity contribution is 7.09. The maximum absolute atomic E-state index is 11.6. The van der Waals surface area contributed by atoms with E-state index in [1.165, 1.54) is 11.3 Å². The van der Waals surface area contributed by atoms with Crippen LogP contribution in [-0.2, 0) is 11.3 Å². The maximum atomic E-state index is 11.6. The minimum absolute atomic E-state index is 0.105. The molecule has 1 aromatic heterocycles. The molecule has 4 nitrogen and oxygen atoms in total. The quantitative estimate of drug-likeness (QED) is 0.913. The van der Waals surface area contributed by atoms with Crippen LogP contribution in [0.5, 0.6) is 5.75 Å². The van der Waals surface area contributed by atoms with Crippen LogP contribution in [0.1, 0.15) is 10.7 Å². The zero-order valence-electron chi connectivity index (χ0n) is 10.7. The van der Waals surface area contributed by atoms with E-state index in [-0.39, 0.29) is 12.5 Å². The predicted molar refractivity (Wildman–Crippen MR) is 80.7 cm³/mol. The standard InChI is InChI=1S/C13H12Cl2N2O2S/c1-8-7-20-13(17-8)5-16-12(18)6-19-11-3-2-9(14)4-10(11)15/h2-4,7H,5-6H2,1H3,(H,16,18). The van der Waals surface area contributed by atoms with Crippen molar-refractivity contribution in [2.75, 3.05) is 6.61 Å². The fraction of sp³-hybridized carbons (Fsp3) is 0.231. The maximum Gasteiger partial charge on any atom is 0.258 e. The fourth-order valence-electron chi connectivity index (χ4n) is 1.44. The summed E-state index contributed by atoms with van der Waals surface area (Å²) in [6.45, 7) is 2.20. The van der Waals surface area contributed by atoms with Crippen LogP contribution in [0.15, 0.2) is 23.6 Å². The second-order valence-electron chi connectivity index (χ2n) is 4.02. The third kappa shape index (κ3) is 4.37. The Morgan fingerprint density at radius 2 is 2.25 bits per heavy atom. The van der Waals surface area contributed by atoms with Crippen molar-refractivity contribution in [1.29, 1.82) is 0 Å². The molecule has 0 atom stereocenters. The zero-order valence-corrected chi connectivity index (χ0v) is 13.0. The minimum Gasteiger partial charge on any atom is -0.482 e. The van der Waals surface area contributed by atoms with Gasteiger partial charge in [0.25, 0.3) is 5.91 Å². The van der Waals surface area contributed by atoms with Crippen molar-refractivity contribution in [1.82, 2.24) is 10.3 Å². The van der Waals surface area contributed by atoms with Crippen molar-refractivity contribution < 1.29 is 9.53 Å². The van der Waals surface area contributed by atoms with E-state index >= 15 is 0 Å². The fourth-order valence-corrected chi connectivity index (χ4v) is 2.62. The Morgan fingerprint density at radius 3 is 2.90 bits per heavy atom. The van der Waals surface area contributed by atoms with Gasteiger partial charge in [-0.25, -0.2) is 4.98 Å². The summed E-state index contributed by atoms with van der Waals surface area (Å²) < 4.78 is 5.33. The number of rotatable bonds is 5. The lowest BCUT2D eigenvalue weighted by atomic mass is 10.3. The van der Waals surface area contributed by atoms with E-state index in [4.69, 9.17) is 27.9 Å². The molecule has 0 bridgehead atoms. The highest BCUT2D eigenvalue weighted by Gasteiger charge is 2.07. The molecule has 2 aromatic rings. The second kappa shape index (κ2) is 6.92. The predicted octanol–water partition coefficient (Wildman–Crippen LogP) is 3.45. The molecule has 7 heteroatoms. The van der Waals surface area contributed by atoms with Crippen LogP contribution in [0.3, 0.4) is 0 Å². The van der Waals surface area contributed by atoms with E-state index in [0.717, 1.165) is 10.7 Å². The SMILES string of the molecule is Cc1csc(CNC(=O)COc2ccc(Cl)cc2Cl)n1. The molecule has 0 spiro atoms. The highest BCUT2D eigenvalue weighted by atomic mass is 35.5. The van der Waals surface area contributed by atoms with Gasteiger partial charge >= 0.3 is 0 Å². The molecule has 0 saturated carbocycles. The van der Waals surface area contributed by atoms with Crippen LogP contribution in [0.2, 0.25) is 10.0 Å². The number of nitrogens with zero attached hydrogens (tertiary/aromatic N) is 1. The average Bonchev–Trinajstić information content (AvgIpc) is 2.81. The molecule has 0 aliphatic carbocycles. The molecule has 20 heavy (non-hydrogen) atoms. The molecule has 1 amide bonds. The van der Waals surface area contributed by atoms with Crippen LogP contribution >= 0.6 is 34.5 Å². The number of aryl methyl sites for hydroxylation is 1. The van der Waals surface area contributed by atoms with E-state index < -0.39 is 0 Å². The van der Waals surface area contributed by atoms with Crippen molar-refractivity contribution >= 4 is 40.4 Å². The molecule has 0 radical (unpaired) electrons. The molecule has 0 saturated heterocycles. The van der Waals surface area contributed by atoms with Gasteiger partial charge in [-0.1, -0.05) is 23.2 Å². The van der Waals surface area contributed by atoms with E-state index in [2.05, 4.69) is 10.3 Å². The number of hydrogen-bond acceptors (Lipinski definition) is 4. The van der Waals surface area contributed by atoms with Gasteiger partial charge in [-0.15, -0.1) is 11.3 Å². The Bertz CT molecular complexity index is 616. The van der Waals surface area contributed by atoms with E-state index in [0.29, 0.717) is 22.3 Å². The molecule has 2 rings (SSSR count). The van der Waals surface area contributed by atoms with Gasteiger partial charge in [0, 0.05) is 16.1 Å². The summed E-state index contributed by atoms with van der Waals surface area (Å²) in [5.74, 6) is 0.195. The van der Waals surface area contributed by atoms with Crippen molar-refractivity contribution in [3.8, 4) is 5.75 Å². The lowest BCUT2D eigenvalue weighted by Crippen LogP contribution is -2.28. The van der Waals surface area contributed by atoms with Gasteiger partial charge in [0.05, 0.1) is 11.6 Å². The Morgan fingerprint density at radius 1 is 1.45 bits per heavy atom. The summed E-state index contributed by atoms with van der Waals surface area (Å²) >= 11 is 13.2. The summed E-state index contributed by atoms with van der Waals surface area (Å²) in [6, 6.07) is 4.84. The molecule has 0 aliphatic rings. The molecule has 0 unspecified atom stereocenters. The first kappa shape index (κ1) is 15.1. The first-order valence-electron chi connectivity index (χ1n) is 5.80. The van der Waals surface area contributed by atoms with Gasteiger partial charge in [0.1, 0.15) is 10.8 Å². The number of aromatic nitrogens is 1. The number of carbonyl (C=O) groups excluding carboxylic acids is 1. The van der Waals surface area contributed by atoms with Gasteiger partial charge in [-0.2, -0.15) is 0 Å². The summed E-state index contributed by atoms with van der Waals surface area (Å²) in [7, 11) is 0. The van der Waals surface area contributed by atoms with Gasteiger partial charge in [0.15, 0.2) is 6.61 Å². The van der Waals surface area contributed by atoms with Crippen LogP contribution in [0, 0.1) is 6.92 Å². The van der Waals surface area contributed by atoms with E-state index in [1.54, 1.807) is 18.2 Å². The largest absolute Gasteiger partial charge is 0.482 e. The summed E-state index contributed by atoms with van der Waals surface area (Å²) in [4.78, 5) is 15.9. The summed E-state index contributed by atoms with van der Waals surface area (Å²) in [5, 5.41) is 6.42. The monoisotopic (exact) mass is 330 g/mol. The number of thiazole rings is 1. The van der Waals surface area contributed by atoms with Crippen molar-refractivity contribution in [2.45, 2.75) is 13.5 Å². The first-order valence-corrected chi connectivity index (χ1v) is 7.43. The van der Waals surface area contributed by atoms with Crippen LogP contribution < -0.4 is 10.1 Å². The Hall–Kier alpha value is -1.30. The summed E-state index contributed by atoms with van der Waals surface area (Å²) in [5.41, 5.74) is 0.948. The number of ether oxygens (including phenoxy) is 1. The van der Waals surface area contributed by atoms with E-state index in [9.17, 15) is 4.79 Å². The number of nitrogens with one attached hydrogen (secondary N) is 1.